The summed E-state index contributed by atoms with van der Waals surface area (Å²) in [4.78, 5) is 4.02. The molecule has 1 saturated carbocycles. The van der Waals surface area contributed by atoms with E-state index in [1.54, 1.807) is 12.3 Å². The van der Waals surface area contributed by atoms with E-state index < -0.39 is 0 Å². The van der Waals surface area contributed by atoms with Crippen LogP contribution in [0.15, 0.2) is 12.3 Å². The minimum absolute atomic E-state index is 0.302. The molecule has 1 aliphatic rings. The van der Waals surface area contributed by atoms with Gasteiger partial charge in [0.05, 0.1) is 10.7 Å². The van der Waals surface area contributed by atoms with Gasteiger partial charge in [0.2, 0.25) is 5.88 Å². The Balaban J connectivity index is 0.000000581. The van der Waals surface area contributed by atoms with E-state index in [-0.39, 0.29) is 0 Å². The third-order valence-corrected chi connectivity index (χ3v) is 2.38. The van der Waals surface area contributed by atoms with Gasteiger partial charge in [-0.1, -0.05) is 25.4 Å². The van der Waals surface area contributed by atoms with Crippen LogP contribution in [0.2, 0.25) is 5.02 Å². The van der Waals surface area contributed by atoms with E-state index in [1.807, 2.05) is 13.8 Å². The fraction of sp³-hybridized carbons (Fsp3) is 0.583. The van der Waals surface area contributed by atoms with Crippen molar-refractivity contribution in [3.05, 3.63) is 17.3 Å². The zero-order valence-electron chi connectivity index (χ0n) is 10.6. The third-order valence-electron chi connectivity index (χ3n) is 2.18. The average molecular weight is 261 g/mol. The highest BCUT2D eigenvalue weighted by atomic mass is 35.5. The van der Waals surface area contributed by atoms with Crippen molar-refractivity contribution in [3.63, 3.8) is 0 Å². The molecule has 0 amide bonds. The molecular weight excluding hydrogens is 240 g/mol. The highest BCUT2D eigenvalue weighted by molar-refractivity contribution is 6.30. The number of aliphatic hydroxyl groups excluding tert-OH is 1. The Bertz CT molecular complexity index is 317. The Morgan fingerprint density at radius 2 is 2.00 bits per heavy atom. The molecule has 0 spiro atoms. The summed E-state index contributed by atoms with van der Waals surface area (Å²) in [7, 11) is 1.00. The zero-order valence-corrected chi connectivity index (χ0v) is 11.4. The van der Waals surface area contributed by atoms with Crippen molar-refractivity contribution < 1.29 is 9.84 Å². The molecule has 1 aliphatic carbocycles. The topological polar surface area (TPSA) is 68.4 Å². The smallest absolute Gasteiger partial charge is 0.237 e. The van der Waals surface area contributed by atoms with E-state index in [2.05, 4.69) is 4.98 Å². The first kappa shape index (κ1) is 16.0. The minimum Gasteiger partial charge on any atom is -0.473 e. The summed E-state index contributed by atoms with van der Waals surface area (Å²) in [5.74, 6) is 0.508. The summed E-state index contributed by atoms with van der Waals surface area (Å²) in [5.41, 5.74) is 6.19. The van der Waals surface area contributed by atoms with Crippen molar-refractivity contribution in [2.24, 2.45) is 0 Å². The van der Waals surface area contributed by atoms with E-state index in [9.17, 15) is 0 Å². The lowest BCUT2D eigenvalue weighted by molar-refractivity contribution is 0.115. The van der Waals surface area contributed by atoms with Crippen LogP contribution in [0.1, 0.15) is 33.1 Å². The molecule has 0 bridgehead atoms. The molecule has 3 N–H and O–H groups in total. The lowest BCUT2D eigenvalue weighted by Crippen LogP contribution is -2.25. The van der Waals surface area contributed by atoms with Crippen molar-refractivity contribution in [2.75, 3.05) is 12.8 Å². The number of hydrogen-bond donors (Lipinski definition) is 2. The molecule has 0 radical (unpaired) electrons. The van der Waals surface area contributed by atoms with Gasteiger partial charge in [0.1, 0.15) is 6.10 Å². The van der Waals surface area contributed by atoms with Crippen LogP contribution in [0.5, 0.6) is 5.88 Å². The van der Waals surface area contributed by atoms with Crippen LogP contribution in [0.3, 0.4) is 0 Å². The predicted octanol–water partition coefficient (Wildman–Crippen LogP) is 2.88. The summed E-state index contributed by atoms with van der Waals surface area (Å²) in [6.45, 7) is 4.00. The maximum Gasteiger partial charge on any atom is 0.237 e. The fourth-order valence-electron chi connectivity index (χ4n) is 1.19. The number of anilines is 1. The summed E-state index contributed by atoms with van der Waals surface area (Å²) >= 11 is 5.70. The van der Waals surface area contributed by atoms with Crippen molar-refractivity contribution in [1.82, 2.24) is 4.98 Å². The Morgan fingerprint density at radius 1 is 1.41 bits per heavy atom. The fourth-order valence-corrected chi connectivity index (χ4v) is 1.35. The maximum atomic E-state index is 7.00. The van der Waals surface area contributed by atoms with Gasteiger partial charge < -0.3 is 15.6 Å². The van der Waals surface area contributed by atoms with Gasteiger partial charge in [-0.3, -0.25) is 0 Å². The SMILES string of the molecule is CC.CO.Nc1cc(Cl)cnc1OC1CCC1. The number of nitrogens with two attached hydrogens (primary N) is 1. The number of aromatic nitrogens is 1. The van der Waals surface area contributed by atoms with Crippen LogP contribution in [0.25, 0.3) is 0 Å². The monoisotopic (exact) mass is 260 g/mol. The molecule has 0 unspecified atom stereocenters. The molecule has 0 saturated heterocycles. The third kappa shape index (κ3) is 5.24. The summed E-state index contributed by atoms with van der Waals surface area (Å²) in [6.07, 6.45) is 5.29. The molecule has 0 aliphatic heterocycles. The van der Waals surface area contributed by atoms with Crippen LogP contribution in [-0.4, -0.2) is 23.3 Å². The molecule has 1 aromatic rings. The number of ether oxygens (including phenoxy) is 1. The number of halogens is 1. The van der Waals surface area contributed by atoms with E-state index in [0.717, 1.165) is 20.0 Å². The Morgan fingerprint density at radius 3 is 2.41 bits per heavy atom. The molecule has 0 atom stereocenters. The molecule has 98 valence electrons. The van der Waals surface area contributed by atoms with Gasteiger partial charge in [0, 0.05) is 13.3 Å². The van der Waals surface area contributed by atoms with Gasteiger partial charge in [-0.05, 0) is 25.3 Å². The van der Waals surface area contributed by atoms with Crippen molar-refractivity contribution in [1.29, 1.82) is 0 Å². The maximum absolute atomic E-state index is 7.00. The number of hydrogen-bond acceptors (Lipinski definition) is 4. The second-order valence-corrected chi connectivity index (χ2v) is 3.66. The van der Waals surface area contributed by atoms with Gasteiger partial charge >= 0.3 is 0 Å². The second-order valence-electron chi connectivity index (χ2n) is 3.22. The standard InChI is InChI=1S/C9H11ClN2O.C2H6.CH4O/c10-6-4-8(11)9(12-5-6)13-7-2-1-3-7;2*1-2/h4-5,7H,1-3,11H2;1-2H3;2H,1H3. The molecule has 4 nitrogen and oxygen atoms in total. The molecule has 5 heteroatoms. The second kappa shape index (κ2) is 9.07. The number of nitrogens with zero attached hydrogens (tertiary/aromatic N) is 1. The van der Waals surface area contributed by atoms with Crippen molar-refractivity contribution in [2.45, 2.75) is 39.2 Å². The highest BCUT2D eigenvalue weighted by Crippen LogP contribution is 2.28. The Labute approximate surface area is 108 Å². The molecule has 17 heavy (non-hydrogen) atoms. The molecule has 2 rings (SSSR count). The largest absolute Gasteiger partial charge is 0.473 e. The molecular formula is C12H21ClN2O2. The van der Waals surface area contributed by atoms with Gasteiger partial charge in [-0.2, -0.15) is 0 Å². The number of pyridine rings is 1. The average Bonchev–Trinajstić information content (AvgIpc) is 2.31. The van der Waals surface area contributed by atoms with Crippen molar-refractivity contribution in [3.8, 4) is 5.88 Å². The van der Waals surface area contributed by atoms with Gasteiger partial charge in [0.15, 0.2) is 0 Å². The first-order valence-electron chi connectivity index (χ1n) is 5.78. The highest BCUT2D eigenvalue weighted by Gasteiger charge is 2.20. The first-order chi connectivity index (χ1) is 8.25. The minimum atomic E-state index is 0.302. The molecule has 1 aromatic heterocycles. The van der Waals surface area contributed by atoms with Crippen LogP contribution in [0.4, 0.5) is 5.69 Å². The number of rotatable bonds is 2. The Hall–Kier alpha value is -1.00. The van der Waals surface area contributed by atoms with E-state index in [1.165, 1.54) is 6.42 Å². The van der Waals surface area contributed by atoms with Gasteiger partial charge in [-0.15, -0.1) is 0 Å². The predicted molar refractivity (Wildman–Crippen MR) is 71.4 cm³/mol. The normalized spacial score (nSPS) is 13.5. The molecule has 1 heterocycles. The van der Waals surface area contributed by atoms with Crippen LogP contribution in [0, 0.1) is 0 Å². The summed E-state index contributed by atoms with van der Waals surface area (Å²) in [6, 6.07) is 1.66. The number of aliphatic hydroxyl groups is 1. The van der Waals surface area contributed by atoms with Crippen LogP contribution in [-0.2, 0) is 0 Å². The lowest BCUT2D eigenvalue weighted by Gasteiger charge is -2.26. The van der Waals surface area contributed by atoms with Gasteiger partial charge in [-0.25, -0.2) is 4.98 Å². The van der Waals surface area contributed by atoms with Crippen LogP contribution < -0.4 is 10.5 Å². The summed E-state index contributed by atoms with van der Waals surface area (Å²) < 4.78 is 5.54. The first-order valence-corrected chi connectivity index (χ1v) is 6.16. The van der Waals surface area contributed by atoms with Gasteiger partial charge in [0.25, 0.3) is 0 Å². The van der Waals surface area contributed by atoms with Crippen LogP contribution >= 0.6 is 11.6 Å². The van der Waals surface area contributed by atoms with Crippen molar-refractivity contribution >= 4 is 17.3 Å². The lowest BCUT2D eigenvalue weighted by atomic mass is 9.96. The quantitative estimate of drug-likeness (QED) is 0.858. The summed E-state index contributed by atoms with van der Waals surface area (Å²) in [5, 5.41) is 7.54. The molecule has 1 fully saturated rings. The zero-order chi connectivity index (χ0) is 13.3. The Kier molecular flexibility index (Phi) is 8.54. The van der Waals surface area contributed by atoms with E-state index in [4.69, 9.17) is 27.2 Å². The van der Waals surface area contributed by atoms with E-state index in [0.29, 0.717) is 22.7 Å². The molecule has 0 aromatic carbocycles. The number of nitrogen functional groups attached to an aromatic ring is 1. The van der Waals surface area contributed by atoms with E-state index >= 15 is 0 Å².